The van der Waals surface area contributed by atoms with Gasteiger partial charge in [0.2, 0.25) is 0 Å². The Kier molecular flexibility index (Phi) is 6.88. The Labute approximate surface area is 170 Å². The molecule has 0 N–H and O–H groups in total. The number of hydrogen-bond donors (Lipinski definition) is 0. The van der Waals surface area contributed by atoms with Crippen molar-refractivity contribution in [3.05, 3.63) is 82.4 Å². The molecule has 28 heavy (non-hydrogen) atoms. The molecule has 0 aliphatic carbocycles. The maximum absolute atomic E-state index is 9.05. The van der Waals surface area contributed by atoms with Gasteiger partial charge in [-0.3, -0.25) is 0 Å². The minimum Gasteiger partial charge on any atom is -0.192 e. The number of rotatable bonds is 8. The zero-order valence-electron chi connectivity index (χ0n) is 17.5. The number of nitrogens with zero attached hydrogens (tertiary/aromatic N) is 1. The Hall–Kier alpha value is -2.59. The summed E-state index contributed by atoms with van der Waals surface area (Å²) >= 11 is 0. The lowest BCUT2D eigenvalue weighted by Gasteiger charge is -2.12. The molecule has 1 nitrogen and oxygen atoms in total. The second-order valence-corrected chi connectivity index (χ2v) is 8.21. The monoisotopic (exact) mass is 369 g/mol. The molecule has 0 aliphatic rings. The molecule has 0 heterocycles. The minimum atomic E-state index is 0.528. The molecule has 3 aromatic rings. The normalized spacial score (nSPS) is 12.1. The molecular formula is C27H31N. The van der Waals surface area contributed by atoms with Gasteiger partial charge < -0.3 is 0 Å². The maximum Gasteiger partial charge on any atom is 0.0991 e. The van der Waals surface area contributed by atoms with E-state index in [4.69, 9.17) is 5.26 Å². The predicted molar refractivity (Wildman–Crippen MR) is 120 cm³/mol. The number of nitriles is 1. The topological polar surface area (TPSA) is 23.8 Å². The highest BCUT2D eigenvalue weighted by Gasteiger charge is 2.06. The van der Waals surface area contributed by atoms with Gasteiger partial charge in [0.1, 0.15) is 0 Å². The third-order valence-electron chi connectivity index (χ3n) is 5.95. The maximum atomic E-state index is 9.05. The summed E-state index contributed by atoms with van der Waals surface area (Å²) in [5, 5.41) is 11.8. The van der Waals surface area contributed by atoms with E-state index in [0.717, 1.165) is 5.56 Å². The van der Waals surface area contributed by atoms with E-state index in [9.17, 15) is 0 Å². The van der Waals surface area contributed by atoms with Crippen LogP contribution in [0.1, 0.15) is 72.8 Å². The van der Waals surface area contributed by atoms with E-state index in [0.29, 0.717) is 5.92 Å². The van der Waals surface area contributed by atoms with E-state index in [2.05, 4.69) is 63.2 Å². The Morgan fingerprint density at radius 1 is 0.821 bits per heavy atom. The molecule has 3 aromatic carbocycles. The number of hydrogen-bond acceptors (Lipinski definition) is 1. The summed E-state index contributed by atoms with van der Waals surface area (Å²) in [6.45, 7) is 6.65. The molecule has 0 radical (unpaired) electrons. The number of benzene rings is 3. The van der Waals surface area contributed by atoms with E-state index in [-0.39, 0.29) is 0 Å². The summed E-state index contributed by atoms with van der Waals surface area (Å²) in [6.07, 6.45) is 7.46. The Morgan fingerprint density at radius 2 is 1.57 bits per heavy atom. The number of unbranched alkanes of at least 4 members (excludes halogenated alkanes) is 3. The first-order valence-electron chi connectivity index (χ1n) is 10.6. The summed E-state index contributed by atoms with van der Waals surface area (Å²) in [7, 11) is 0. The highest BCUT2D eigenvalue weighted by atomic mass is 14.2. The van der Waals surface area contributed by atoms with Crippen LogP contribution in [0.15, 0.2) is 54.6 Å². The summed E-state index contributed by atoms with van der Waals surface area (Å²) in [5.74, 6) is 0.528. The van der Waals surface area contributed by atoms with Gasteiger partial charge in [-0.25, -0.2) is 0 Å². The molecule has 1 atom stereocenters. The summed E-state index contributed by atoms with van der Waals surface area (Å²) in [4.78, 5) is 0. The molecule has 1 heteroatoms. The fourth-order valence-electron chi connectivity index (χ4n) is 3.94. The molecule has 144 valence electrons. The van der Waals surface area contributed by atoms with Crippen molar-refractivity contribution >= 4 is 10.8 Å². The van der Waals surface area contributed by atoms with E-state index in [1.54, 1.807) is 0 Å². The second-order valence-electron chi connectivity index (χ2n) is 8.21. The van der Waals surface area contributed by atoms with Crippen LogP contribution in [0.5, 0.6) is 0 Å². The van der Waals surface area contributed by atoms with Crippen molar-refractivity contribution in [3.8, 4) is 6.07 Å². The lowest BCUT2D eigenvalue weighted by molar-refractivity contribution is 0.570. The summed E-state index contributed by atoms with van der Waals surface area (Å²) < 4.78 is 0. The van der Waals surface area contributed by atoms with Crippen LogP contribution in [0.2, 0.25) is 0 Å². The van der Waals surface area contributed by atoms with Crippen molar-refractivity contribution in [2.24, 2.45) is 0 Å². The summed E-state index contributed by atoms with van der Waals surface area (Å²) in [6, 6.07) is 21.8. The highest BCUT2D eigenvalue weighted by Crippen LogP contribution is 2.24. The standard InChI is InChI=1S/C27H31N/c1-20(25-12-8-11-24(18-25)19-28)9-6-4-5-7-10-23-13-14-26-15-21(2)22(3)16-27(26)17-23/h8,11-18,20H,4-7,9-10H2,1-3H3. The van der Waals surface area contributed by atoms with Crippen molar-refractivity contribution in [3.63, 3.8) is 0 Å². The van der Waals surface area contributed by atoms with Crippen LogP contribution in [0.4, 0.5) is 0 Å². The molecule has 0 spiro atoms. The van der Waals surface area contributed by atoms with E-state index in [1.807, 2.05) is 18.2 Å². The van der Waals surface area contributed by atoms with Crippen molar-refractivity contribution in [1.82, 2.24) is 0 Å². The Morgan fingerprint density at radius 3 is 2.36 bits per heavy atom. The average molecular weight is 370 g/mol. The van der Waals surface area contributed by atoms with Crippen LogP contribution in [0.25, 0.3) is 10.8 Å². The Balaban J connectivity index is 1.41. The van der Waals surface area contributed by atoms with E-state index < -0.39 is 0 Å². The molecule has 0 saturated heterocycles. The quantitative estimate of drug-likeness (QED) is 0.374. The average Bonchev–Trinajstić information content (AvgIpc) is 2.71. The molecule has 0 aliphatic heterocycles. The first-order valence-corrected chi connectivity index (χ1v) is 10.6. The molecule has 0 amide bonds. The molecule has 3 rings (SSSR count). The SMILES string of the molecule is Cc1cc2ccc(CCCCCCC(C)c3cccc(C#N)c3)cc2cc1C. The first kappa shape index (κ1) is 20.2. The van der Waals surface area contributed by atoms with Crippen molar-refractivity contribution in [1.29, 1.82) is 5.26 Å². The van der Waals surface area contributed by atoms with E-state index in [1.165, 1.54) is 71.6 Å². The molecule has 0 aromatic heterocycles. The van der Waals surface area contributed by atoms with Crippen LogP contribution in [0, 0.1) is 25.2 Å². The van der Waals surface area contributed by atoms with Crippen LogP contribution in [-0.2, 0) is 6.42 Å². The highest BCUT2D eigenvalue weighted by molar-refractivity contribution is 5.84. The molecule has 1 unspecified atom stereocenters. The third-order valence-corrected chi connectivity index (χ3v) is 5.95. The van der Waals surface area contributed by atoms with Crippen LogP contribution < -0.4 is 0 Å². The van der Waals surface area contributed by atoms with Gasteiger partial charge in [-0.15, -0.1) is 0 Å². The van der Waals surface area contributed by atoms with Crippen molar-refractivity contribution in [2.45, 2.75) is 65.2 Å². The van der Waals surface area contributed by atoms with Gasteiger partial charge in [-0.2, -0.15) is 5.26 Å². The van der Waals surface area contributed by atoms with Gasteiger partial charge in [0, 0.05) is 0 Å². The molecular weight excluding hydrogens is 338 g/mol. The molecule has 0 saturated carbocycles. The second kappa shape index (κ2) is 9.56. The minimum absolute atomic E-state index is 0.528. The number of fused-ring (bicyclic) bond motifs is 1. The fraction of sp³-hybridized carbons (Fsp3) is 0.370. The molecule has 0 bridgehead atoms. The summed E-state index contributed by atoms with van der Waals surface area (Å²) in [5.41, 5.74) is 6.26. The zero-order valence-corrected chi connectivity index (χ0v) is 17.5. The van der Waals surface area contributed by atoms with Gasteiger partial charge >= 0.3 is 0 Å². The van der Waals surface area contributed by atoms with Crippen molar-refractivity contribution < 1.29 is 0 Å². The predicted octanol–water partition coefficient (Wildman–Crippen LogP) is 7.63. The zero-order chi connectivity index (χ0) is 19.9. The lowest BCUT2D eigenvalue weighted by Crippen LogP contribution is -1.95. The van der Waals surface area contributed by atoms with Gasteiger partial charge in [0.05, 0.1) is 11.6 Å². The fourth-order valence-corrected chi connectivity index (χ4v) is 3.94. The largest absolute Gasteiger partial charge is 0.192 e. The van der Waals surface area contributed by atoms with Crippen molar-refractivity contribution in [2.75, 3.05) is 0 Å². The lowest BCUT2D eigenvalue weighted by atomic mass is 9.93. The first-order chi connectivity index (χ1) is 13.6. The Bertz CT molecular complexity index is 977. The van der Waals surface area contributed by atoms with Gasteiger partial charge in [0.25, 0.3) is 0 Å². The van der Waals surface area contributed by atoms with Crippen LogP contribution in [0.3, 0.4) is 0 Å². The molecule has 0 fully saturated rings. The van der Waals surface area contributed by atoms with Crippen LogP contribution >= 0.6 is 0 Å². The van der Waals surface area contributed by atoms with Gasteiger partial charge in [-0.1, -0.05) is 68.7 Å². The van der Waals surface area contributed by atoms with Gasteiger partial charge in [0.15, 0.2) is 0 Å². The smallest absolute Gasteiger partial charge is 0.0991 e. The van der Waals surface area contributed by atoms with Gasteiger partial charge in [-0.05, 0) is 84.2 Å². The van der Waals surface area contributed by atoms with Crippen LogP contribution in [-0.4, -0.2) is 0 Å². The van der Waals surface area contributed by atoms with E-state index >= 15 is 0 Å². The third kappa shape index (κ3) is 5.23. The number of aryl methyl sites for hydroxylation is 3.